The van der Waals surface area contributed by atoms with Gasteiger partial charge in [-0.1, -0.05) is 6.07 Å². The molecule has 0 bridgehead atoms. The molecule has 1 aliphatic rings. The minimum absolute atomic E-state index is 0.161. The Labute approximate surface area is 133 Å². The van der Waals surface area contributed by atoms with Gasteiger partial charge in [-0.2, -0.15) is 0 Å². The van der Waals surface area contributed by atoms with E-state index in [4.69, 9.17) is 0 Å². The molecule has 2 rings (SSSR count). The summed E-state index contributed by atoms with van der Waals surface area (Å²) in [5, 5.41) is 3.41. The molecule has 1 aliphatic heterocycles. The van der Waals surface area contributed by atoms with Gasteiger partial charge in [-0.3, -0.25) is 0 Å². The fourth-order valence-corrected chi connectivity index (χ4v) is 3.99. The zero-order chi connectivity index (χ0) is 15.5. The van der Waals surface area contributed by atoms with Gasteiger partial charge in [0.15, 0.2) is 0 Å². The van der Waals surface area contributed by atoms with Crippen LogP contribution in [0.4, 0.5) is 4.39 Å². The van der Waals surface area contributed by atoms with Crippen LogP contribution in [0.1, 0.15) is 25.3 Å². The van der Waals surface area contributed by atoms with Gasteiger partial charge in [0.1, 0.15) is 5.82 Å². The quantitative estimate of drug-likeness (QED) is 0.855. The van der Waals surface area contributed by atoms with Crippen molar-refractivity contribution in [3.05, 3.63) is 34.1 Å². The van der Waals surface area contributed by atoms with E-state index in [2.05, 4.69) is 21.2 Å². The fraction of sp³-hybridized carbons (Fsp3) is 0.571. The summed E-state index contributed by atoms with van der Waals surface area (Å²) in [5.74, 6) is -0.105. The Morgan fingerprint density at radius 2 is 2.05 bits per heavy atom. The van der Waals surface area contributed by atoms with Crippen molar-refractivity contribution in [2.24, 2.45) is 0 Å². The van der Waals surface area contributed by atoms with Crippen LogP contribution in [0.5, 0.6) is 0 Å². The maximum absolute atomic E-state index is 13.2. The molecule has 0 radical (unpaired) electrons. The van der Waals surface area contributed by atoms with Gasteiger partial charge in [-0.25, -0.2) is 17.1 Å². The van der Waals surface area contributed by atoms with Crippen LogP contribution in [0.2, 0.25) is 0 Å². The third-order valence-electron chi connectivity index (χ3n) is 3.79. The average Bonchev–Trinajstić information content (AvgIpc) is 2.49. The molecule has 0 aliphatic carbocycles. The smallest absolute Gasteiger partial charge is 0.213 e. The largest absolute Gasteiger partial charge is 0.310 e. The number of halogens is 2. The third-order valence-corrected chi connectivity index (χ3v) is 6.28. The Balaban J connectivity index is 1.82. The molecule has 1 saturated heterocycles. The molecule has 21 heavy (non-hydrogen) atoms. The molecule has 0 aromatic heterocycles. The van der Waals surface area contributed by atoms with Gasteiger partial charge < -0.3 is 5.32 Å². The molecule has 0 atom stereocenters. The lowest BCUT2D eigenvalue weighted by Crippen LogP contribution is -2.45. The Kier molecular flexibility index (Phi) is 5.76. The van der Waals surface area contributed by atoms with Crippen LogP contribution in [0.3, 0.4) is 0 Å². The topological polar surface area (TPSA) is 49.4 Å². The van der Waals surface area contributed by atoms with Crippen molar-refractivity contribution in [2.45, 2.75) is 32.4 Å². The Morgan fingerprint density at radius 3 is 2.62 bits per heavy atom. The lowest BCUT2D eigenvalue weighted by atomic mass is 10.1. The van der Waals surface area contributed by atoms with Crippen LogP contribution in [0.15, 0.2) is 22.7 Å². The zero-order valence-electron chi connectivity index (χ0n) is 12.0. The van der Waals surface area contributed by atoms with E-state index in [0.29, 0.717) is 30.1 Å². The molecular weight excluding hydrogens is 359 g/mol. The molecule has 0 unspecified atom stereocenters. The van der Waals surface area contributed by atoms with Crippen molar-refractivity contribution in [2.75, 3.05) is 18.8 Å². The first kappa shape index (κ1) is 16.9. The maximum Gasteiger partial charge on any atom is 0.213 e. The summed E-state index contributed by atoms with van der Waals surface area (Å²) in [4.78, 5) is 0. The van der Waals surface area contributed by atoms with Crippen LogP contribution >= 0.6 is 15.9 Å². The predicted octanol–water partition coefficient (Wildman–Crippen LogP) is 2.49. The third kappa shape index (κ3) is 4.48. The molecule has 4 nitrogen and oxygen atoms in total. The van der Waals surface area contributed by atoms with Crippen molar-refractivity contribution < 1.29 is 12.8 Å². The van der Waals surface area contributed by atoms with E-state index in [1.54, 1.807) is 23.4 Å². The highest BCUT2D eigenvalue weighted by Gasteiger charge is 2.26. The van der Waals surface area contributed by atoms with Gasteiger partial charge in [-0.05, 0) is 53.4 Å². The van der Waals surface area contributed by atoms with Gasteiger partial charge in [0.25, 0.3) is 0 Å². The second-order valence-electron chi connectivity index (χ2n) is 5.20. The van der Waals surface area contributed by atoms with E-state index in [9.17, 15) is 12.8 Å². The lowest BCUT2D eigenvalue weighted by Gasteiger charge is -2.31. The van der Waals surface area contributed by atoms with Crippen LogP contribution < -0.4 is 5.32 Å². The van der Waals surface area contributed by atoms with Gasteiger partial charge in [0.2, 0.25) is 10.0 Å². The molecule has 118 valence electrons. The van der Waals surface area contributed by atoms with Crippen molar-refractivity contribution in [1.82, 2.24) is 9.62 Å². The highest BCUT2D eigenvalue weighted by molar-refractivity contribution is 9.10. The standard InChI is InChI=1S/C14H20BrFN2O2S/c1-2-21(19,20)18-7-5-12(6-8-18)17-10-11-3-4-14(16)13(15)9-11/h3-4,9,12,17H,2,5-8,10H2,1H3. The molecule has 1 fully saturated rings. The fourth-order valence-electron chi connectivity index (χ4n) is 2.43. The number of hydrogen-bond donors (Lipinski definition) is 1. The molecule has 1 N–H and O–H groups in total. The van der Waals surface area contributed by atoms with E-state index in [-0.39, 0.29) is 11.6 Å². The Bertz CT molecular complexity index is 587. The van der Waals surface area contributed by atoms with Crippen molar-refractivity contribution >= 4 is 26.0 Å². The van der Waals surface area contributed by atoms with E-state index in [0.717, 1.165) is 18.4 Å². The van der Waals surface area contributed by atoms with E-state index in [1.165, 1.54) is 6.07 Å². The second-order valence-corrected chi connectivity index (χ2v) is 8.32. The maximum atomic E-state index is 13.2. The molecule has 0 amide bonds. The van der Waals surface area contributed by atoms with Crippen molar-refractivity contribution in [3.8, 4) is 0 Å². The van der Waals surface area contributed by atoms with E-state index < -0.39 is 10.0 Å². The van der Waals surface area contributed by atoms with Gasteiger partial charge in [-0.15, -0.1) is 0 Å². The van der Waals surface area contributed by atoms with Crippen LogP contribution in [0, 0.1) is 5.82 Å². The minimum atomic E-state index is -3.06. The first-order chi connectivity index (χ1) is 9.92. The normalized spacial score (nSPS) is 18.0. The Hall–Kier alpha value is -0.500. The number of benzene rings is 1. The molecular formula is C14H20BrFN2O2S. The van der Waals surface area contributed by atoms with Crippen molar-refractivity contribution in [1.29, 1.82) is 0 Å². The molecule has 1 aromatic carbocycles. The number of sulfonamides is 1. The zero-order valence-corrected chi connectivity index (χ0v) is 14.4. The summed E-state index contributed by atoms with van der Waals surface area (Å²) in [7, 11) is -3.06. The first-order valence-corrected chi connectivity index (χ1v) is 9.47. The number of piperidine rings is 1. The van der Waals surface area contributed by atoms with Crippen LogP contribution in [-0.2, 0) is 16.6 Å². The minimum Gasteiger partial charge on any atom is -0.310 e. The first-order valence-electron chi connectivity index (χ1n) is 7.07. The second kappa shape index (κ2) is 7.17. The van der Waals surface area contributed by atoms with Gasteiger partial charge in [0, 0.05) is 25.7 Å². The number of rotatable bonds is 5. The van der Waals surface area contributed by atoms with Crippen LogP contribution in [-0.4, -0.2) is 37.6 Å². The number of nitrogens with zero attached hydrogens (tertiary/aromatic N) is 1. The summed E-state index contributed by atoms with van der Waals surface area (Å²) >= 11 is 3.17. The summed E-state index contributed by atoms with van der Waals surface area (Å²) in [5.41, 5.74) is 1.01. The summed E-state index contributed by atoms with van der Waals surface area (Å²) in [6, 6.07) is 5.26. The molecule has 1 aromatic rings. The number of nitrogens with one attached hydrogen (secondary N) is 1. The van der Waals surface area contributed by atoms with E-state index in [1.807, 2.05) is 0 Å². The summed E-state index contributed by atoms with van der Waals surface area (Å²) in [6.45, 7) is 3.47. The average molecular weight is 379 g/mol. The SMILES string of the molecule is CCS(=O)(=O)N1CCC(NCc2ccc(F)c(Br)c2)CC1. The summed E-state index contributed by atoms with van der Waals surface area (Å²) < 4.78 is 38.7. The monoisotopic (exact) mass is 378 g/mol. The van der Waals surface area contributed by atoms with Gasteiger partial charge in [0.05, 0.1) is 10.2 Å². The Morgan fingerprint density at radius 1 is 1.38 bits per heavy atom. The van der Waals surface area contributed by atoms with E-state index >= 15 is 0 Å². The highest BCUT2D eigenvalue weighted by atomic mass is 79.9. The van der Waals surface area contributed by atoms with Gasteiger partial charge >= 0.3 is 0 Å². The highest BCUT2D eigenvalue weighted by Crippen LogP contribution is 2.18. The van der Waals surface area contributed by atoms with Crippen LogP contribution in [0.25, 0.3) is 0 Å². The predicted molar refractivity (Wildman–Crippen MR) is 85.0 cm³/mol. The molecule has 1 heterocycles. The molecule has 0 saturated carbocycles. The molecule has 7 heteroatoms. The molecule has 0 spiro atoms. The van der Waals surface area contributed by atoms with Crippen molar-refractivity contribution in [3.63, 3.8) is 0 Å². The number of hydrogen-bond acceptors (Lipinski definition) is 3. The lowest BCUT2D eigenvalue weighted by molar-refractivity contribution is 0.289. The summed E-state index contributed by atoms with van der Waals surface area (Å²) in [6.07, 6.45) is 1.61.